The van der Waals surface area contributed by atoms with Gasteiger partial charge in [0, 0.05) is 13.1 Å². The SMILES string of the molecule is C[C@@H]1CCCC[C@@]12NC(=O)N(CC(=O)OCC(=O)N(C)CC(=O)NC1CC1)C2=O. The van der Waals surface area contributed by atoms with Crippen molar-refractivity contribution in [2.24, 2.45) is 5.92 Å². The van der Waals surface area contributed by atoms with Crippen molar-refractivity contribution in [1.29, 1.82) is 0 Å². The lowest BCUT2D eigenvalue weighted by atomic mass is 9.73. The van der Waals surface area contributed by atoms with Crippen molar-refractivity contribution in [2.45, 2.75) is 57.0 Å². The molecule has 2 saturated carbocycles. The predicted molar refractivity (Wildman–Crippen MR) is 100 cm³/mol. The normalized spacial score (nSPS) is 26.3. The number of nitrogens with zero attached hydrogens (tertiary/aromatic N) is 2. The second-order valence-electron chi connectivity index (χ2n) is 8.19. The van der Waals surface area contributed by atoms with Crippen LogP contribution in [-0.2, 0) is 23.9 Å². The Morgan fingerprint density at radius 3 is 2.62 bits per heavy atom. The molecule has 0 bridgehead atoms. The number of hydrogen-bond acceptors (Lipinski definition) is 6. The van der Waals surface area contributed by atoms with Crippen molar-refractivity contribution < 1.29 is 28.7 Å². The van der Waals surface area contributed by atoms with Gasteiger partial charge in [0.15, 0.2) is 6.61 Å². The lowest BCUT2D eigenvalue weighted by molar-refractivity contribution is -0.154. The number of ether oxygens (including phenoxy) is 1. The van der Waals surface area contributed by atoms with Crippen LogP contribution in [0, 0.1) is 5.92 Å². The Bertz CT molecular complexity index is 721. The summed E-state index contributed by atoms with van der Waals surface area (Å²) in [5.74, 6) is -2.07. The van der Waals surface area contributed by atoms with Crippen molar-refractivity contribution in [3.05, 3.63) is 0 Å². The van der Waals surface area contributed by atoms with E-state index in [1.165, 1.54) is 7.05 Å². The standard InChI is InChI=1S/C19H28N4O6/c1-12-5-3-4-8-19(12)17(27)23(18(28)21-19)10-16(26)29-11-15(25)22(2)9-14(24)20-13-6-7-13/h12-13H,3-11H2,1-2H3,(H,20,24)(H,21,28)/t12-,19-/m1/s1. The first-order valence-electron chi connectivity index (χ1n) is 10.1. The van der Waals surface area contributed by atoms with Crippen LogP contribution in [0.4, 0.5) is 4.79 Å². The maximum absolute atomic E-state index is 12.8. The van der Waals surface area contributed by atoms with Crippen LogP contribution in [0.15, 0.2) is 0 Å². The topological polar surface area (TPSA) is 125 Å². The molecular weight excluding hydrogens is 380 g/mol. The number of nitrogens with one attached hydrogen (secondary N) is 2. The van der Waals surface area contributed by atoms with E-state index in [-0.39, 0.29) is 24.4 Å². The van der Waals surface area contributed by atoms with Crippen LogP contribution < -0.4 is 10.6 Å². The van der Waals surface area contributed by atoms with Gasteiger partial charge in [-0.15, -0.1) is 0 Å². The van der Waals surface area contributed by atoms with Crippen LogP contribution in [-0.4, -0.2) is 77.8 Å². The summed E-state index contributed by atoms with van der Waals surface area (Å²) in [5, 5.41) is 5.52. The van der Waals surface area contributed by atoms with E-state index >= 15 is 0 Å². The molecule has 2 N–H and O–H groups in total. The Kier molecular flexibility index (Phi) is 6.09. The second-order valence-corrected chi connectivity index (χ2v) is 8.19. The van der Waals surface area contributed by atoms with Gasteiger partial charge in [-0.2, -0.15) is 0 Å². The Hall–Kier alpha value is -2.65. The zero-order chi connectivity index (χ0) is 21.2. The van der Waals surface area contributed by atoms with E-state index in [9.17, 15) is 24.0 Å². The summed E-state index contributed by atoms with van der Waals surface area (Å²) >= 11 is 0. The van der Waals surface area contributed by atoms with Gasteiger partial charge in [-0.3, -0.25) is 24.1 Å². The van der Waals surface area contributed by atoms with Crippen molar-refractivity contribution >= 4 is 29.7 Å². The largest absolute Gasteiger partial charge is 0.454 e. The monoisotopic (exact) mass is 408 g/mol. The smallest absolute Gasteiger partial charge is 0.326 e. The van der Waals surface area contributed by atoms with Gasteiger partial charge in [0.25, 0.3) is 11.8 Å². The fourth-order valence-electron chi connectivity index (χ4n) is 3.87. The third kappa shape index (κ3) is 4.68. The van der Waals surface area contributed by atoms with Crippen molar-refractivity contribution in [3.63, 3.8) is 0 Å². The maximum atomic E-state index is 12.8. The summed E-state index contributed by atoms with van der Waals surface area (Å²) in [4.78, 5) is 63.0. The summed E-state index contributed by atoms with van der Waals surface area (Å²) in [6, 6.07) is -0.413. The van der Waals surface area contributed by atoms with Gasteiger partial charge in [0.2, 0.25) is 5.91 Å². The van der Waals surface area contributed by atoms with E-state index in [2.05, 4.69) is 10.6 Å². The second kappa shape index (κ2) is 8.38. The van der Waals surface area contributed by atoms with Crippen LogP contribution in [0.3, 0.4) is 0 Å². The molecule has 29 heavy (non-hydrogen) atoms. The van der Waals surface area contributed by atoms with E-state index in [0.29, 0.717) is 6.42 Å². The van der Waals surface area contributed by atoms with E-state index in [1.807, 2.05) is 6.92 Å². The van der Waals surface area contributed by atoms with Gasteiger partial charge in [-0.25, -0.2) is 4.79 Å². The summed E-state index contributed by atoms with van der Waals surface area (Å²) in [7, 11) is 1.44. The molecule has 5 amide bonds. The molecule has 1 saturated heterocycles. The molecule has 3 fully saturated rings. The molecule has 0 unspecified atom stereocenters. The number of esters is 1. The minimum atomic E-state index is -0.944. The molecule has 3 rings (SSSR count). The molecule has 2 aliphatic carbocycles. The molecule has 3 aliphatic rings. The Morgan fingerprint density at radius 2 is 1.97 bits per heavy atom. The third-order valence-corrected chi connectivity index (χ3v) is 5.89. The minimum Gasteiger partial charge on any atom is -0.454 e. The van der Waals surface area contributed by atoms with Gasteiger partial charge in [0.1, 0.15) is 12.1 Å². The number of amides is 5. The fourth-order valence-corrected chi connectivity index (χ4v) is 3.87. The molecule has 0 aromatic carbocycles. The number of rotatable bonds is 7. The first kappa shape index (κ1) is 21.1. The summed E-state index contributed by atoms with van der Waals surface area (Å²) in [5.41, 5.74) is -0.944. The molecule has 1 spiro atoms. The average molecular weight is 408 g/mol. The van der Waals surface area contributed by atoms with Gasteiger partial charge in [0.05, 0.1) is 6.54 Å². The molecule has 0 aromatic heterocycles. The minimum absolute atomic E-state index is 0.00858. The van der Waals surface area contributed by atoms with Crippen LogP contribution in [0.5, 0.6) is 0 Å². The van der Waals surface area contributed by atoms with Crippen LogP contribution in [0.25, 0.3) is 0 Å². The molecule has 1 heterocycles. The van der Waals surface area contributed by atoms with Crippen molar-refractivity contribution in [2.75, 3.05) is 26.7 Å². The van der Waals surface area contributed by atoms with E-state index in [0.717, 1.165) is 41.9 Å². The highest BCUT2D eigenvalue weighted by molar-refractivity contribution is 6.09. The number of carbonyl (C=O) groups is 5. The lowest BCUT2D eigenvalue weighted by Crippen LogP contribution is -2.54. The molecule has 0 radical (unpaired) electrons. The van der Waals surface area contributed by atoms with Crippen molar-refractivity contribution in [3.8, 4) is 0 Å². The Balaban J connectivity index is 1.46. The molecule has 1 aliphatic heterocycles. The van der Waals surface area contributed by atoms with E-state index in [4.69, 9.17) is 4.74 Å². The number of hydrogen-bond donors (Lipinski definition) is 2. The predicted octanol–water partition coefficient (Wildman–Crippen LogP) is -0.233. The van der Waals surface area contributed by atoms with Crippen LogP contribution >= 0.6 is 0 Å². The van der Waals surface area contributed by atoms with Gasteiger partial charge >= 0.3 is 12.0 Å². The molecule has 10 nitrogen and oxygen atoms in total. The average Bonchev–Trinajstić information content (AvgIpc) is 3.45. The lowest BCUT2D eigenvalue weighted by Gasteiger charge is -2.36. The number of urea groups is 1. The Labute approximate surface area is 169 Å². The first-order chi connectivity index (χ1) is 13.7. The highest BCUT2D eigenvalue weighted by atomic mass is 16.5. The highest BCUT2D eigenvalue weighted by Gasteiger charge is 2.55. The number of likely N-dealkylation sites (N-methyl/N-ethyl adjacent to an activating group) is 1. The van der Waals surface area contributed by atoms with E-state index in [1.54, 1.807) is 0 Å². The molecule has 0 aromatic rings. The molecular formula is C19H28N4O6. The van der Waals surface area contributed by atoms with Gasteiger partial charge in [-0.05, 0) is 31.6 Å². The zero-order valence-electron chi connectivity index (χ0n) is 16.9. The first-order valence-corrected chi connectivity index (χ1v) is 10.1. The molecule has 160 valence electrons. The number of carbonyl (C=O) groups excluding carboxylic acids is 5. The highest BCUT2D eigenvalue weighted by Crippen LogP contribution is 2.38. The Morgan fingerprint density at radius 1 is 1.24 bits per heavy atom. The fraction of sp³-hybridized carbons (Fsp3) is 0.737. The van der Waals surface area contributed by atoms with Crippen molar-refractivity contribution in [1.82, 2.24) is 20.4 Å². The zero-order valence-corrected chi connectivity index (χ0v) is 16.9. The van der Waals surface area contributed by atoms with E-state index < -0.39 is 42.5 Å². The van der Waals surface area contributed by atoms with Gasteiger partial charge < -0.3 is 20.3 Å². The van der Waals surface area contributed by atoms with Crippen LogP contribution in [0.1, 0.15) is 45.4 Å². The quantitative estimate of drug-likeness (QED) is 0.443. The number of imide groups is 1. The van der Waals surface area contributed by atoms with Gasteiger partial charge in [-0.1, -0.05) is 19.8 Å². The summed E-state index contributed by atoms with van der Waals surface area (Å²) in [6.07, 6.45) is 5.12. The van der Waals surface area contributed by atoms with Crippen LogP contribution in [0.2, 0.25) is 0 Å². The summed E-state index contributed by atoms with van der Waals surface area (Å²) < 4.78 is 4.93. The maximum Gasteiger partial charge on any atom is 0.326 e. The third-order valence-electron chi connectivity index (χ3n) is 5.89. The molecule has 10 heteroatoms. The summed E-state index contributed by atoms with van der Waals surface area (Å²) in [6.45, 7) is 0.697. The molecule has 2 atom stereocenters.